The Morgan fingerprint density at radius 3 is 2.83 bits per heavy atom. The minimum absolute atomic E-state index is 0.0789. The van der Waals surface area contributed by atoms with E-state index in [0.29, 0.717) is 23.5 Å². The van der Waals surface area contributed by atoms with Crippen LogP contribution >= 0.6 is 0 Å². The maximum absolute atomic E-state index is 12.0. The molecule has 1 heterocycles. The second-order valence-corrected chi connectivity index (χ2v) is 5.88. The van der Waals surface area contributed by atoms with Crippen LogP contribution in [-0.4, -0.2) is 11.9 Å². The average molecular weight is 249 g/mol. The van der Waals surface area contributed by atoms with Gasteiger partial charge in [0.25, 0.3) is 5.91 Å². The third-order valence-electron chi connectivity index (χ3n) is 4.08. The van der Waals surface area contributed by atoms with E-state index in [2.05, 4.69) is 26.1 Å². The number of hydrogen-bond donors (Lipinski definition) is 1. The fraction of sp³-hybridized carbons (Fsp3) is 0.667. The van der Waals surface area contributed by atoms with Crippen molar-refractivity contribution < 1.29 is 9.21 Å². The van der Waals surface area contributed by atoms with Crippen LogP contribution in [-0.2, 0) is 0 Å². The summed E-state index contributed by atoms with van der Waals surface area (Å²) < 4.78 is 5.15. The van der Waals surface area contributed by atoms with Gasteiger partial charge in [-0.05, 0) is 42.7 Å². The molecule has 3 nitrogen and oxygen atoms in total. The predicted octanol–water partition coefficient (Wildman–Crippen LogP) is 3.47. The normalized spacial score (nSPS) is 28.3. The molecule has 0 unspecified atom stereocenters. The van der Waals surface area contributed by atoms with Gasteiger partial charge in [-0.25, -0.2) is 0 Å². The lowest BCUT2D eigenvalue weighted by molar-refractivity contribution is 0.0840. The van der Waals surface area contributed by atoms with Crippen LogP contribution in [0.4, 0.5) is 0 Å². The Bertz CT molecular complexity index is 383. The Morgan fingerprint density at radius 2 is 2.22 bits per heavy atom. The number of rotatable bonds is 3. The summed E-state index contributed by atoms with van der Waals surface area (Å²) in [4.78, 5) is 12.0. The van der Waals surface area contributed by atoms with Crippen LogP contribution in [0.15, 0.2) is 22.8 Å². The molecule has 0 aliphatic heterocycles. The number of hydrogen-bond acceptors (Lipinski definition) is 2. The minimum atomic E-state index is -0.0789. The van der Waals surface area contributed by atoms with Crippen LogP contribution in [0, 0.1) is 17.8 Å². The van der Waals surface area contributed by atoms with E-state index in [1.54, 1.807) is 18.4 Å². The molecule has 18 heavy (non-hydrogen) atoms. The molecule has 1 N–H and O–H groups in total. The predicted molar refractivity (Wildman–Crippen MR) is 71.3 cm³/mol. The van der Waals surface area contributed by atoms with Gasteiger partial charge >= 0.3 is 0 Å². The molecule has 1 fully saturated rings. The fourth-order valence-electron chi connectivity index (χ4n) is 3.02. The lowest BCUT2D eigenvalue weighted by Gasteiger charge is -2.37. The number of carbonyl (C=O) groups excluding carboxylic acids is 1. The van der Waals surface area contributed by atoms with E-state index in [1.165, 1.54) is 12.8 Å². The molecule has 1 aromatic heterocycles. The quantitative estimate of drug-likeness (QED) is 0.891. The van der Waals surface area contributed by atoms with E-state index < -0.39 is 0 Å². The zero-order valence-corrected chi connectivity index (χ0v) is 11.5. The molecule has 0 aromatic carbocycles. The molecule has 1 aliphatic carbocycles. The zero-order valence-electron chi connectivity index (χ0n) is 11.5. The average Bonchev–Trinajstić information content (AvgIpc) is 2.81. The molecule has 1 saturated carbocycles. The van der Waals surface area contributed by atoms with Crippen LogP contribution in [0.1, 0.15) is 50.6 Å². The molecular weight excluding hydrogens is 226 g/mol. The van der Waals surface area contributed by atoms with E-state index in [0.717, 1.165) is 6.42 Å². The highest BCUT2D eigenvalue weighted by atomic mass is 16.3. The molecule has 0 spiro atoms. The SMILES string of the molecule is CC(C)[C@@H]1CC[C@H](C)C[C@@H]1NC(=O)c1ccco1. The van der Waals surface area contributed by atoms with E-state index in [9.17, 15) is 4.79 Å². The molecule has 3 atom stereocenters. The second kappa shape index (κ2) is 5.59. The molecule has 0 bridgehead atoms. The number of furan rings is 1. The molecule has 100 valence electrons. The highest BCUT2D eigenvalue weighted by molar-refractivity contribution is 5.91. The van der Waals surface area contributed by atoms with Crippen molar-refractivity contribution in [3.05, 3.63) is 24.2 Å². The first-order valence-corrected chi connectivity index (χ1v) is 6.92. The lowest BCUT2D eigenvalue weighted by atomic mass is 9.74. The summed E-state index contributed by atoms with van der Waals surface area (Å²) in [6.07, 6.45) is 5.10. The third-order valence-corrected chi connectivity index (χ3v) is 4.08. The standard InChI is InChI=1S/C15H23NO2/c1-10(2)12-7-6-11(3)9-13(12)16-15(17)14-5-4-8-18-14/h4-5,8,10-13H,6-7,9H2,1-3H3,(H,16,17)/t11-,12-,13-/m0/s1. The van der Waals surface area contributed by atoms with Crippen LogP contribution in [0.25, 0.3) is 0 Å². The molecule has 0 saturated heterocycles. The molecular formula is C15H23NO2. The van der Waals surface area contributed by atoms with Gasteiger partial charge in [-0.2, -0.15) is 0 Å². The van der Waals surface area contributed by atoms with Crippen molar-refractivity contribution in [2.75, 3.05) is 0 Å². The van der Waals surface area contributed by atoms with Crippen molar-refractivity contribution in [2.45, 2.75) is 46.1 Å². The van der Waals surface area contributed by atoms with Crippen molar-refractivity contribution in [2.24, 2.45) is 17.8 Å². The zero-order chi connectivity index (χ0) is 13.1. The van der Waals surface area contributed by atoms with Crippen molar-refractivity contribution in [3.8, 4) is 0 Å². The Balaban J connectivity index is 2.02. The van der Waals surface area contributed by atoms with E-state index in [1.807, 2.05) is 0 Å². The Labute approximate surface area is 109 Å². The van der Waals surface area contributed by atoms with Crippen LogP contribution in [0.5, 0.6) is 0 Å². The van der Waals surface area contributed by atoms with Gasteiger partial charge in [-0.1, -0.05) is 27.2 Å². The highest BCUT2D eigenvalue weighted by Crippen LogP contribution is 2.33. The maximum Gasteiger partial charge on any atom is 0.287 e. The summed E-state index contributed by atoms with van der Waals surface area (Å²) >= 11 is 0. The summed E-state index contributed by atoms with van der Waals surface area (Å²) in [5, 5.41) is 3.15. The van der Waals surface area contributed by atoms with Gasteiger partial charge in [0.2, 0.25) is 0 Å². The number of nitrogens with one attached hydrogen (secondary N) is 1. The highest BCUT2D eigenvalue weighted by Gasteiger charge is 2.32. The van der Waals surface area contributed by atoms with Crippen molar-refractivity contribution in [1.82, 2.24) is 5.32 Å². The molecule has 1 amide bonds. The van der Waals surface area contributed by atoms with Gasteiger partial charge in [0.05, 0.1) is 6.26 Å². The Morgan fingerprint density at radius 1 is 1.44 bits per heavy atom. The van der Waals surface area contributed by atoms with Gasteiger partial charge in [0.1, 0.15) is 0 Å². The first-order valence-electron chi connectivity index (χ1n) is 6.92. The van der Waals surface area contributed by atoms with E-state index in [-0.39, 0.29) is 11.9 Å². The third kappa shape index (κ3) is 2.95. The van der Waals surface area contributed by atoms with Crippen LogP contribution < -0.4 is 5.32 Å². The number of carbonyl (C=O) groups is 1. The second-order valence-electron chi connectivity index (χ2n) is 5.88. The fourth-order valence-corrected chi connectivity index (χ4v) is 3.02. The lowest BCUT2D eigenvalue weighted by Crippen LogP contribution is -2.45. The summed E-state index contributed by atoms with van der Waals surface area (Å²) in [6.45, 7) is 6.75. The van der Waals surface area contributed by atoms with Gasteiger partial charge < -0.3 is 9.73 Å². The van der Waals surface area contributed by atoms with E-state index in [4.69, 9.17) is 4.42 Å². The summed E-state index contributed by atoms with van der Waals surface area (Å²) in [5.74, 6) is 2.22. The van der Waals surface area contributed by atoms with Gasteiger partial charge in [0, 0.05) is 6.04 Å². The first-order chi connectivity index (χ1) is 8.58. The van der Waals surface area contributed by atoms with Crippen molar-refractivity contribution >= 4 is 5.91 Å². The maximum atomic E-state index is 12.0. The van der Waals surface area contributed by atoms with Crippen LogP contribution in [0.3, 0.4) is 0 Å². The number of amides is 1. The molecule has 1 aliphatic rings. The Kier molecular flexibility index (Phi) is 4.10. The van der Waals surface area contributed by atoms with Gasteiger partial charge in [-0.15, -0.1) is 0 Å². The Hall–Kier alpha value is -1.25. The van der Waals surface area contributed by atoms with Crippen molar-refractivity contribution in [3.63, 3.8) is 0 Å². The largest absolute Gasteiger partial charge is 0.459 e. The minimum Gasteiger partial charge on any atom is -0.459 e. The summed E-state index contributed by atoms with van der Waals surface area (Å²) in [7, 11) is 0. The molecule has 3 heteroatoms. The van der Waals surface area contributed by atoms with Crippen molar-refractivity contribution in [1.29, 1.82) is 0 Å². The first kappa shape index (κ1) is 13.2. The van der Waals surface area contributed by atoms with Gasteiger partial charge in [-0.3, -0.25) is 4.79 Å². The van der Waals surface area contributed by atoms with Crippen LogP contribution in [0.2, 0.25) is 0 Å². The monoisotopic (exact) mass is 249 g/mol. The summed E-state index contributed by atoms with van der Waals surface area (Å²) in [5.41, 5.74) is 0. The summed E-state index contributed by atoms with van der Waals surface area (Å²) in [6, 6.07) is 3.75. The molecule has 0 radical (unpaired) electrons. The smallest absolute Gasteiger partial charge is 0.287 e. The topological polar surface area (TPSA) is 42.2 Å². The van der Waals surface area contributed by atoms with E-state index >= 15 is 0 Å². The molecule has 2 rings (SSSR count). The molecule has 1 aromatic rings. The van der Waals surface area contributed by atoms with Gasteiger partial charge in [0.15, 0.2) is 5.76 Å².